The van der Waals surface area contributed by atoms with Crippen molar-refractivity contribution in [1.82, 2.24) is 0 Å². The number of hydrogen-bond donors (Lipinski definition) is 0. The normalized spacial score (nSPS) is 12.1. The van der Waals surface area contributed by atoms with Crippen molar-refractivity contribution in [2.75, 3.05) is 0 Å². The fraction of sp³-hybridized carbons (Fsp3) is 0.500. The van der Waals surface area contributed by atoms with Gasteiger partial charge in [-0.2, -0.15) is 0 Å². The van der Waals surface area contributed by atoms with E-state index in [9.17, 15) is 4.39 Å². The number of furan rings is 1. The lowest BCUT2D eigenvalue weighted by molar-refractivity contribution is 0.392. The van der Waals surface area contributed by atoms with E-state index in [1.807, 2.05) is 20.8 Å². The molecule has 1 rings (SSSR count). The van der Waals surface area contributed by atoms with Gasteiger partial charge in [0.1, 0.15) is 5.76 Å². The Bertz CT molecular complexity index is 240. The molecule has 0 atom stereocenters. The topological polar surface area (TPSA) is 13.1 Å². The zero-order valence-corrected chi connectivity index (χ0v) is 8.33. The molecule has 0 fully saturated rings. The first-order valence-electron chi connectivity index (χ1n) is 3.36. The van der Waals surface area contributed by atoms with Crippen molar-refractivity contribution >= 4 is 15.9 Å². The Labute approximate surface area is 73.7 Å². The minimum absolute atomic E-state index is 0.132. The lowest BCUT2D eigenvalue weighted by atomic mass is 9.94. The van der Waals surface area contributed by atoms with E-state index in [-0.39, 0.29) is 15.9 Å². The summed E-state index contributed by atoms with van der Waals surface area (Å²) in [6.45, 7) is 5.91. The molecule has 0 aromatic carbocycles. The molecule has 0 unspecified atom stereocenters. The van der Waals surface area contributed by atoms with Gasteiger partial charge in [0.25, 0.3) is 0 Å². The maximum Gasteiger partial charge on any atom is 0.204 e. The molecule has 0 aliphatic carbocycles. The smallest absolute Gasteiger partial charge is 0.204 e. The average Bonchev–Trinajstić information content (AvgIpc) is 2.11. The average molecular weight is 221 g/mol. The maximum absolute atomic E-state index is 12.7. The Kier molecular flexibility index (Phi) is 2.10. The van der Waals surface area contributed by atoms with Gasteiger partial charge in [-0.3, -0.25) is 0 Å². The summed E-state index contributed by atoms with van der Waals surface area (Å²) in [5, 5.41) is 0. The van der Waals surface area contributed by atoms with Gasteiger partial charge in [0, 0.05) is 11.5 Å². The highest BCUT2D eigenvalue weighted by Crippen LogP contribution is 2.28. The molecule has 0 saturated heterocycles. The first-order valence-corrected chi connectivity index (χ1v) is 4.16. The van der Waals surface area contributed by atoms with Gasteiger partial charge in [0.05, 0.1) is 0 Å². The van der Waals surface area contributed by atoms with E-state index in [1.54, 1.807) is 0 Å². The van der Waals surface area contributed by atoms with Crippen molar-refractivity contribution in [3.8, 4) is 0 Å². The Morgan fingerprint density at radius 2 is 2.00 bits per heavy atom. The lowest BCUT2D eigenvalue weighted by Gasteiger charge is -2.13. The fourth-order valence-electron chi connectivity index (χ4n) is 0.716. The molecule has 1 nitrogen and oxygen atoms in total. The molecule has 62 valence electrons. The summed E-state index contributed by atoms with van der Waals surface area (Å²) < 4.78 is 18.0. The molecule has 0 bridgehead atoms. The number of halogens is 2. The number of rotatable bonds is 0. The van der Waals surface area contributed by atoms with Gasteiger partial charge < -0.3 is 4.42 Å². The molecule has 11 heavy (non-hydrogen) atoms. The lowest BCUT2D eigenvalue weighted by Crippen LogP contribution is -2.08. The molecule has 0 N–H and O–H groups in total. The van der Waals surface area contributed by atoms with Crippen molar-refractivity contribution in [3.05, 3.63) is 22.3 Å². The zero-order valence-electron chi connectivity index (χ0n) is 6.74. The zero-order chi connectivity index (χ0) is 8.65. The second-order valence-electron chi connectivity index (χ2n) is 3.48. The van der Waals surface area contributed by atoms with Crippen LogP contribution < -0.4 is 0 Å². The van der Waals surface area contributed by atoms with E-state index in [1.165, 1.54) is 6.07 Å². The standard InChI is InChI=1S/C8H10BrFO/c1-8(2,3)6-4-5(10)7(9)11-6/h4H,1-3H3. The molecule has 1 aromatic heterocycles. The molecule has 0 amide bonds. The van der Waals surface area contributed by atoms with Gasteiger partial charge in [-0.25, -0.2) is 4.39 Å². The van der Waals surface area contributed by atoms with Crippen LogP contribution in [0.15, 0.2) is 15.2 Å². The van der Waals surface area contributed by atoms with Crippen molar-refractivity contribution in [3.63, 3.8) is 0 Å². The summed E-state index contributed by atoms with van der Waals surface area (Å²) >= 11 is 2.97. The third kappa shape index (κ3) is 1.83. The molecular formula is C8H10BrFO. The van der Waals surface area contributed by atoms with Gasteiger partial charge in [0.2, 0.25) is 4.67 Å². The van der Waals surface area contributed by atoms with E-state index in [0.29, 0.717) is 5.76 Å². The summed E-state index contributed by atoms with van der Waals surface area (Å²) in [4.78, 5) is 0. The molecule has 0 radical (unpaired) electrons. The van der Waals surface area contributed by atoms with Crippen LogP contribution in [0.3, 0.4) is 0 Å². The predicted molar refractivity (Wildman–Crippen MR) is 45.1 cm³/mol. The molecule has 0 spiro atoms. The van der Waals surface area contributed by atoms with E-state index in [2.05, 4.69) is 15.9 Å². The van der Waals surface area contributed by atoms with Crippen LogP contribution in [0.2, 0.25) is 0 Å². The van der Waals surface area contributed by atoms with Crippen LogP contribution in [0.4, 0.5) is 4.39 Å². The van der Waals surface area contributed by atoms with E-state index < -0.39 is 0 Å². The van der Waals surface area contributed by atoms with E-state index >= 15 is 0 Å². The van der Waals surface area contributed by atoms with Crippen LogP contribution in [0, 0.1) is 5.82 Å². The molecule has 1 heterocycles. The summed E-state index contributed by atoms with van der Waals surface area (Å²) in [5.41, 5.74) is -0.132. The first-order chi connectivity index (χ1) is 4.91. The largest absolute Gasteiger partial charge is 0.451 e. The van der Waals surface area contributed by atoms with Gasteiger partial charge in [0.15, 0.2) is 5.82 Å². The monoisotopic (exact) mass is 220 g/mol. The third-order valence-corrected chi connectivity index (χ3v) is 1.93. The van der Waals surface area contributed by atoms with Gasteiger partial charge in [-0.15, -0.1) is 0 Å². The summed E-state index contributed by atoms with van der Waals surface area (Å²) in [6.07, 6.45) is 0. The highest BCUT2D eigenvalue weighted by molar-refractivity contribution is 9.10. The molecule has 0 saturated carbocycles. The maximum atomic E-state index is 12.7. The molecule has 1 aromatic rings. The van der Waals surface area contributed by atoms with Crippen LogP contribution >= 0.6 is 15.9 Å². The van der Waals surface area contributed by atoms with Crippen molar-refractivity contribution in [1.29, 1.82) is 0 Å². The van der Waals surface area contributed by atoms with Crippen molar-refractivity contribution in [2.45, 2.75) is 26.2 Å². The number of hydrogen-bond acceptors (Lipinski definition) is 1. The quantitative estimate of drug-likeness (QED) is 0.653. The highest BCUT2D eigenvalue weighted by atomic mass is 79.9. The predicted octanol–water partition coefficient (Wildman–Crippen LogP) is 3.48. The van der Waals surface area contributed by atoms with Crippen molar-refractivity contribution < 1.29 is 8.81 Å². The van der Waals surface area contributed by atoms with Crippen LogP contribution in [-0.4, -0.2) is 0 Å². The fourth-order valence-corrected chi connectivity index (χ4v) is 1.01. The van der Waals surface area contributed by atoms with Crippen LogP contribution in [0.5, 0.6) is 0 Å². The van der Waals surface area contributed by atoms with E-state index in [4.69, 9.17) is 4.42 Å². The SMILES string of the molecule is CC(C)(C)c1cc(F)c(Br)o1. The summed E-state index contributed by atoms with van der Waals surface area (Å²) in [6, 6.07) is 1.41. The molecule has 0 aliphatic rings. The first kappa shape index (κ1) is 8.78. The van der Waals surface area contributed by atoms with Crippen LogP contribution in [0.1, 0.15) is 26.5 Å². The second kappa shape index (κ2) is 2.63. The second-order valence-corrected chi connectivity index (χ2v) is 4.20. The molecule has 0 aliphatic heterocycles. The van der Waals surface area contributed by atoms with Crippen molar-refractivity contribution in [2.24, 2.45) is 0 Å². The Morgan fingerprint density at radius 1 is 1.45 bits per heavy atom. The summed E-state index contributed by atoms with van der Waals surface area (Å²) in [5.74, 6) is 0.316. The van der Waals surface area contributed by atoms with E-state index in [0.717, 1.165) is 0 Å². The molecular weight excluding hydrogens is 211 g/mol. The highest BCUT2D eigenvalue weighted by Gasteiger charge is 2.20. The Hall–Kier alpha value is -0.310. The molecule has 3 heteroatoms. The Balaban J connectivity index is 3.08. The van der Waals surface area contributed by atoms with Crippen LogP contribution in [-0.2, 0) is 5.41 Å². The van der Waals surface area contributed by atoms with Crippen LogP contribution in [0.25, 0.3) is 0 Å². The van der Waals surface area contributed by atoms with Gasteiger partial charge in [-0.05, 0) is 15.9 Å². The minimum Gasteiger partial charge on any atom is -0.451 e. The van der Waals surface area contributed by atoms with Gasteiger partial charge in [-0.1, -0.05) is 20.8 Å². The minimum atomic E-state index is -0.338. The third-order valence-electron chi connectivity index (χ3n) is 1.38. The van der Waals surface area contributed by atoms with Gasteiger partial charge >= 0.3 is 0 Å². The Morgan fingerprint density at radius 3 is 2.18 bits per heavy atom. The summed E-state index contributed by atoms with van der Waals surface area (Å²) in [7, 11) is 0.